The average Bonchev–Trinajstić information content (AvgIpc) is 3.06. The number of hydrogen-bond donors (Lipinski definition) is 2. The van der Waals surface area contributed by atoms with E-state index in [1.165, 1.54) is 17.7 Å². The van der Waals surface area contributed by atoms with E-state index in [-0.39, 0.29) is 0 Å². The summed E-state index contributed by atoms with van der Waals surface area (Å²) < 4.78 is 0. The minimum Gasteiger partial charge on any atom is -0.388 e. The molecule has 1 unspecified atom stereocenters. The van der Waals surface area contributed by atoms with Crippen LogP contribution in [0, 0.1) is 6.92 Å². The van der Waals surface area contributed by atoms with E-state index < -0.39 is 6.10 Å². The lowest BCUT2D eigenvalue weighted by Crippen LogP contribution is -2.31. The van der Waals surface area contributed by atoms with E-state index in [0.29, 0.717) is 0 Å². The number of benzene rings is 2. The highest BCUT2D eigenvalue weighted by molar-refractivity contribution is 5.79. The molecule has 4 nitrogen and oxygen atoms in total. The summed E-state index contributed by atoms with van der Waals surface area (Å²) in [5.41, 5.74) is 5.90. The van der Waals surface area contributed by atoms with Crippen LogP contribution >= 0.6 is 0 Å². The highest BCUT2D eigenvalue weighted by Gasteiger charge is 2.18. The summed E-state index contributed by atoms with van der Waals surface area (Å²) in [7, 11) is 0. The van der Waals surface area contributed by atoms with Crippen LogP contribution in [0.1, 0.15) is 35.6 Å². The van der Waals surface area contributed by atoms with E-state index in [1.54, 1.807) is 0 Å². The van der Waals surface area contributed by atoms with Crippen molar-refractivity contribution in [3.05, 3.63) is 59.3 Å². The van der Waals surface area contributed by atoms with E-state index in [1.807, 2.05) is 6.20 Å². The van der Waals surface area contributed by atoms with Gasteiger partial charge in [-0.05, 0) is 61.1 Å². The molecule has 24 heavy (non-hydrogen) atoms. The van der Waals surface area contributed by atoms with E-state index >= 15 is 0 Å². The first kappa shape index (κ1) is 15.2. The number of aliphatic hydroxyl groups is 1. The smallest absolute Gasteiger partial charge is 0.0809 e. The third-order valence-corrected chi connectivity index (χ3v) is 5.06. The lowest BCUT2D eigenvalue weighted by molar-refractivity contribution is 0.168. The zero-order valence-corrected chi connectivity index (χ0v) is 14.0. The fourth-order valence-corrected chi connectivity index (χ4v) is 3.75. The SMILES string of the molecule is Cc1cc2[nH]ncc2cc1C(O)CCN1CCCc2ccccc21. The van der Waals surface area contributed by atoms with Crippen LogP contribution in [0.25, 0.3) is 10.9 Å². The minimum absolute atomic E-state index is 0.446. The molecule has 0 saturated carbocycles. The summed E-state index contributed by atoms with van der Waals surface area (Å²) in [4.78, 5) is 2.41. The Hall–Kier alpha value is -2.33. The van der Waals surface area contributed by atoms with Crippen molar-refractivity contribution in [1.82, 2.24) is 10.2 Å². The predicted octanol–water partition coefficient (Wildman–Crippen LogP) is 3.75. The van der Waals surface area contributed by atoms with Crippen LogP contribution in [0.3, 0.4) is 0 Å². The first-order chi connectivity index (χ1) is 11.7. The van der Waals surface area contributed by atoms with Crippen LogP contribution in [-0.4, -0.2) is 28.4 Å². The van der Waals surface area contributed by atoms with Gasteiger partial charge in [0.25, 0.3) is 0 Å². The molecule has 2 aromatic carbocycles. The highest BCUT2D eigenvalue weighted by Crippen LogP contribution is 2.29. The Bertz CT molecular complexity index is 855. The number of rotatable bonds is 4. The van der Waals surface area contributed by atoms with Gasteiger partial charge in [0.2, 0.25) is 0 Å². The summed E-state index contributed by atoms with van der Waals surface area (Å²) in [6.07, 6.45) is 4.45. The molecular weight excluding hydrogens is 298 g/mol. The summed E-state index contributed by atoms with van der Waals surface area (Å²) in [6.45, 7) is 4.00. The predicted molar refractivity (Wildman–Crippen MR) is 97.4 cm³/mol. The number of hydrogen-bond acceptors (Lipinski definition) is 3. The Balaban J connectivity index is 1.50. The average molecular weight is 321 g/mol. The van der Waals surface area contributed by atoms with Gasteiger partial charge in [-0.15, -0.1) is 0 Å². The van der Waals surface area contributed by atoms with E-state index in [9.17, 15) is 5.11 Å². The zero-order chi connectivity index (χ0) is 16.5. The van der Waals surface area contributed by atoms with E-state index in [2.05, 4.69) is 58.4 Å². The molecule has 4 heteroatoms. The molecule has 0 bridgehead atoms. The van der Waals surface area contributed by atoms with Gasteiger partial charge in [0.05, 0.1) is 17.8 Å². The Morgan fingerprint density at radius 2 is 2.17 bits per heavy atom. The third-order valence-electron chi connectivity index (χ3n) is 5.06. The number of nitrogens with zero attached hydrogens (tertiary/aromatic N) is 2. The molecule has 0 aliphatic carbocycles. The summed E-state index contributed by atoms with van der Waals surface area (Å²) in [6, 6.07) is 12.8. The fraction of sp³-hybridized carbons (Fsp3) is 0.350. The molecule has 1 aliphatic rings. The number of anilines is 1. The number of para-hydroxylation sites is 1. The number of aryl methyl sites for hydroxylation is 2. The van der Waals surface area contributed by atoms with Gasteiger partial charge in [-0.3, -0.25) is 5.10 Å². The molecule has 4 rings (SSSR count). The normalized spacial score (nSPS) is 15.5. The molecular formula is C20H23N3O. The van der Waals surface area contributed by atoms with Crippen LogP contribution < -0.4 is 4.90 Å². The second-order valence-electron chi connectivity index (χ2n) is 6.69. The molecule has 1 atom stereocenters. The van der Waals surface area contributed by atoms with Gasteiger partial charge in [-0.1, -0.05) is 18.2 Å². The number of aromatic amines is 1. The van der Waals surface area contributed by atoms with Crippen molar-refractivity contribution >= 4 is 16.6 Å². The molecule has 0 saturated heterocycles. The Morgan fingerprint density at radius 3 is 3.08 bits per heavy atom. The van der Waals surface area contributed by atoms with Crippen molar-refractivity contribution in [3.8, 4) is 0 Å². The van der Waals surface area contributed by atoms with Crippen molar-refractivity contribution in [2.75, 3.05) is 18.0 Å². The van der Waals surface area contributed by atoms with Crippen molar-refractivity contribution in [2.45, 2.75) is 32.3 Å². The number of H-pyrrole nitrogens is 1. The second-order valence-corrected chi connectivity index (χ2v) is 6.69. The van der Waals surface area contributed by atoms with Crippen LogP contribution in [0.5, 0.6) is 0 Å². The molecule has 1 aromatic heterocycles. The fourth-order valence-electron chi connectivity index (χ4n) is 3.75. The van der Waals surface area contributed by atoms with Gasteiger partial charge >= 0.3 is 0 Å². The molecule has 3 aromatic rings. The maximum Gasteiger partial charge on any atom is 0.0809 e. The number of nitrogens with one attached hydrogen (secondary N) is 1. The number of aromatic nitrogens is 2. The first-order valence-electron chi connectivity index (χ1n) is 8.67. The van der Waals surface area contributed by atoms with Gasteiger partial charge in [0.15, 0.2) is 0 Å². The Labute approximate surface area is 142 Å². The van der Waals surface area contributed by atoms with Gasteiger partial charge in [0.1, 0.15) is 0 Å². The minimum atomic E-state index is -0.446. The van der Waals surface area contributed by atoms with Gasteiger partial charge in [-0.2, -0.15) is 5.10 Å². The van der Waals surface area contributed by atoms with Gasteiger partial charge < -0.3 is 10.0 Å². The third kappa shape index (κ3) is 2.78. The van der Waals surface area contributed by atoms with Gasteiger partial charge in [-0.25, -0.2) is 0 Å². The van der Waals surface area contributed by atoms with Gasteiger partial charge in [0, 0.05) is 24.2 Å². The number of aliphatic hydroxyl groups excluding tert-OH is 1. The Morgan fingerprint density at radius 1 is 1.29 bits per heavy atom. The molecule has 2 N–H and O–H groups in total. The second kappa shape index (κ2) is 6.29. The van der Waals surface area contributed by atoms with Crippen molar-refractivity contribution < 1.29 is 5.11 Å². The van der Waals surface area contributed by atoms with Crippen LogP contribution in [0.15, 0.2) is 42.6 Å². The Kier molecular flexibility index (Phi) is 3.98. The molecule has 0 fully saturated rings. The molecule has 0 spiro atoms. The summed E-state index contributed by atoms with van der Waals surface area (Å²) in [5.74, 6) is 0. The summed E-state index contributed by atoms with van der Waals surface area (Å²) in [5, 5.41) is 18.8. The van der Waals surface area contributed by atoms with E-state index in [4.69, 9.17) is 0 Å². The molecule has 0 radical (unpaired) electrons. The molecule has 124 valence electrons. The molecule has 2 heterocycles. The monoisotopic (exact) mass is 321 g/mol. The standard InChI is InChI=1S/C20H23N3O/c1-14-11-18-16(13-21-22-18)12-17(14)20(24)8-10-23-9-4-6-15-5-2-3-7-19(15)23/h2-3,5,7,11-13,20,24H,4,6,8-10H2,1H3,(H,21,22). The van der Waals surface area contributed by atoms with Crippen molar-refractivity contribution in [1.29, 1.82) is 0 Å². The molecule has 0 amide bonds. The van der Waals surface area contributed by atoms with E-state index in [0.717, 1.165) is 48.0 Å². The topological polar surface area (TPSA) is 52.1 Å². The maximum absolute atomic E-state index is 10.7. The van der Waals surface area contributed by atoms with Crippen LogP contribution in [0.2, 0.25) is 0 Å². The largest absolute Gasteiger partial charge is 0.388 e. The lowest BCUT2D eigenvalue weighted by atomic mass is 9.98. The van der Waals surface area contributed by atoms with Crippen LogP contribution in [-0.2, 0) is 6.42 Å². The summed E-state index contributed by atoms with van der Waals surface area (Å²) >= 11 is 0. The highest BCUT2D eigenvalue weighted by atomic mass is 16.3. The van der Waals surface area contributed by atoms with Crippen LogP contribution in [0.4, 0.5) is 5.69 Å². The maximum atomic E-state index is 10.7. The zero-order valence-electron chi connectivity index (χ0n) is 14.0. The van der Waals surface area contributed by atoms with Crippen molar-refractivity contribution in [2.24, 2.45) is 0 Å². The quantitative estimate of drug-likeness (QED) is 0.769. The first-order valence-corrected chi connectivity index (χ1v) is 8.67. The van der Waals surface area contributed by atoms with Crippen molar-refractivity contribution in [3.63, 3.8) is 0 Å². The number of fused-ring (bicyclic) bond motifs is 2. The lowest BCUT2D eigenvalue weighted by Gasteiger charge is -2.32. The molecule has 1 aliphatic heterocycles.